The van der Waals surface area contributed by atoms with Crippen LogP contribution in [-0.4, -0.2) is 72.9 Å². The highest BCUT2D eigenvalue weighted by Crippen LogP contribution is 2.35. The Morgan fingerprint density at radius 2 is 2.06 bits per heavy atom. The van der Waals surface area contributed by atoms with Crippen molar-refractivity contribution in [1.29, 1.82) is 0 Å². The topological polar surface area (TPSA) is 101 Å². The summed E-state index contributed by atoms with van der Waals surface area (Å²) in [4.78, 5) is 28.4. The third-order valence-electron chi connectivity index (χ3n) is 5.84. The second-order valence-corrected chi connectivity index (χ2v) is 8.33. The molecule has 2 heterocycles. The van der Waals surface area contributed by atoms with Crippen LogP contribution in [0.3, 0.4) is 0 Å². The van der Waals surface area contributed by atoms with Gasteiger partial charge in [-0.25, -0.2) is 0 Å². The minimum Gasteiger partial charge on any atom is -0.484 e. The molecule has 176 valence electrons. The Bertz CT molecular complexity index is 1010. The van der Waals surface area contributed by atoms with Crippen LogP contribution in [0.2, 0.25) is 0 Å². The fourth-order valence-corrected chi connectivity index (χ4v) is 4.09. The van der Waals surface area contributed by atoms with Crippen LogP contribution >= 0.6 is 0 Å². The van der Waals surface area contributed by atoms with Crippen LogP contribution in [-0.2, 0) is 9.59 Å². The van der Waals surface area contributed by atoms with Gasteiger partial charge in [0.25, 0.3) is 5.91 Å². The second kappa shape index (κ2) is 10.1. The molecule has 2 N–H and O–H groups in total. The Hall–Kier alpha value is -3.30. The molecule has 2 amide bonds. The van der Waals surface area contributed by atoms with Gasteiger partial charge < -0.3 is 29.5 Å². The number of aliphatic hydroxyl groups excluding tert-OH is 1. The minimum absolute atomic E-state index is 0.138. The molecule has 33 heavy (non-hydrogen) atoms. The van der Waals surface area contributed by atoms with E-state index in [9.17, 15) is 14.7 Å². The van der Waals surface area contributed by atoms with Gasteiger partial charge in [-0.1, -0.05) is 12.1 Å². The molecule has 0 radical (unpaired) electrons. The average Bonchev–Trinajstić information content (AvgIpc) is 3.43. The minimum atomic E-state index is -0.355. The number of aliphatic hydroxyl groups is 1. The van der Waals surface area contributed by atoms with Crippen molar-refractivity contribution >= 4 is 17.5 Å². The molecule has 4 rings (SSSR count). The number of rotatable bonds is 8. The molecular formula is C24H29N3O6. The van der Waals surface area contributed by atoms with Crippen molar-refractivity contribution in [2.75, 3.05) is 45.4 Å². The molecule has 0 aliphatic carbocycles. The van der Waals surface area contributed by atoms with Crippen molar-refractivity contribution in [3.63, 3.8) is 0 Å². The smallest absolute Gasteiger partial charge is 0.260 e. The molecule has 0 bridgehead atoms. The fourth-order valence-electron chi connectivity index (χ4n) is 4.09. The monoisotopic (exact) mass is 455 g/mol. The SMILES string of the molecule is CC(=O)Nc1cccc(C(CN2CC[C@H](O)C2)N(C)C(=O)COc2ccc3c(c2)OCO3)c1. The highest BCUT2D eigenvalue weighted by atomic mass is 16.7. The number of amides is 2. The van der Waals surface area contributed by atoms with E-state index in [1.807, 2.05) is 24.3 Å². The van der Waals surface area contributed by atoms with Crippen LogP contribution in [0.15, 0.2) is 42.5 Å². The highest BCUT2D eigenvalue weighted by molar-refractivity contribution is 5.88. The number of β-amino-alcohol motifs (C(OH)–C–C–N with tert-alkyl or cyclic N) is 1. The number of fused-ring (bicyclic) bond motifs is 1. The van der Waals surface area contributed by atoms with E-state index in [0.29, 0.717) is 42.4 Å². The first-order valence-corrected chi connectivity index (χ1v) is 10.9. The van der Waals surface area contributed by atoms with Crippen LogP contribution in [0.1, 0.15) is 24.9 Å². The predicted octanol–water partition coefficient (Wildman–Crippen LogP) is 2.02. The zero-order valence-corrected chi connectivity index (χ0v) is 18.8. The van der Waals surface area contributed by atoms with E-state index in [1.54, 1.807) is 30.1 Å². The number of carbonyl (C=O) groups is 2. The van der Waals surface area contributed by atoms with Crippen LogP contribution < -0.4 is 19.5 Å². The lowest BCUT2D eigenvalue weighted by molar-refractivity contribution is -0.134. The molecule has 2 aromatic rings. The number of nitrogens with one attached hydrogen (secondary N) is 1. The summed E-state index contributed by atoms with van der Waals surface area (Å²) >= 11 is 0. The molecular weight excluding hydrogens is 426 g/mol. The van der Waals surface area contributed by atoms with Crippen LogP contribution in [0, 0.1) is 0 Å². The van der Waals surface area contributed by atoms with Crippen molar-refractivity contribution in [2.24, 2.45) is 0 Å². The van der Waals surface area contributed by atoms with Gasteiger partial charge in [-0.3, -0.25) is 14.5 Å². The Morgan fingerprint density at radius 1 is 1.24 bits per heavy atom. The number of hydrogen-bond donors (Lipinski definition) is 2. The van der Waals surface area contributed by atoms with Gasteiger partial charge in [-0.2, -0.15) is 0 Å². The van der Waals surface area contributed by atoms with E-state index < -0.39 is 0 Å². The maximum absolute atomic E-state index is 13.1. The maximum atomic E-state index is 13.1. The van der Waals surface area contributed by atoms with Crippen LogP contribution in [0.25, 0.3) is 0 Å². The van der Waals surface area contributed by atoms with Crippen LogP contribution in [0.4, 0.5) is 5.69 Å². The number of nitrogens with zero attached hydrogens (tertiary/aromatic N) is 2. The molecule has 1 fully saturated rings. The van der Waals surface area contributed by atoms with Crippen LogP contribution in [0.5, 0.6) is 17.2 Å². The van der Waals surface area contributed by atoms with E-state index in [4.69, 9.17) is 14.2 Å². The maximum Gasteiger partial charge on any atom is 0.260 e. The molecule has 0 saturated carbocycles. The molecule has 1 unspecified atom stereocenters. The van der Waals surface area contributed by atoms with E-state index in [1.165, 1.54) is 6.92 Å². The van der Waals surface area contributed by atoms with Gasteiger partial charge in [0.1, 0.15) is 5.75 Å². The largest absolute Gasteiger partial charge is 0.484 e. The number of anilines is 1. The van der Waals surface area contributed by atoms with E-state index >= 15 is 0 Å². The summed E-state index contributed by atoms with van der Waals surface area (Å²) in [7, 11) is 1.74. The van der Waals surface area contributed by atoms with Gasteiger partial charge in [0.05, 0.1) is 12.1 Å². The predicted molar refractivity (Wildman–Crippen MR) is 121 cm³/mol. The summed E-state index contributed by atoms with van der Waals surface area (Å²) in [5.41, 5.74) is 1.56. The average molecular weight is 456 g/mol. The van der Waals surface area contributed by atoms with Gasteiger partial charge >= 0.3 is 0 Å². The number of benzene rings is 2. The van der Waals surface area contributed by atoms with Crippen molar-refractivity contribution < 1.29 is 28.9 Å². The molecule has 9 heteroatoms. The molecule has 2 aliphatic heterocycles. The number of carbonyl (C=O) groups excluding carboxylic acids is 2. The molecule has 9 nitrogen and oxygen atoms in total. The number of likely N-dealkylation sites (N-methyl/N-ethyl adjacent to an activating group) is 1. The lowest BCUT2D eigenvalue weighted by Gasteiger charge is -2.32. The summed E-state index contributed by atoms with van der Waals surface area (Å²) in [6.45, 7) is 3.38. The van der Waals surface area contributed by atoms with Crippen molar-refractivity contribution in [3.05, 3.63) is 48.0 Å². The lowest BCUT2D eigenvalue weighted by Crippen LogP contribution is -2.41. The third-order valence-corrected chi connectivity index (χ3v) is 5.84. The van der Waals surface area contributed by atoms with Gasteiger partial charge in [0, 0.05) is 45.4 Å². The fraction of sp³-hybridized carbons (Fsp3) is 0.417. The van der Waals surface area contributed by atoms with E-state index in [-0.39, 0.29) is 37.4 Å². The normalized spacial score (nSPS) is 18.1. The van der Waals surface area contributed by atoms with Crippen molar-refractivity contribution in [1.82, 2.24) is 9.80 Å². The summed E-state index contributed by atoms with van der Waals surface area (Å²) in [6, 6.07) is 12.4. The van der Waals surface area contributed by atoms with Gasteiger partial charge in [-0.15, -0.1) is 0 Å². The molecule has 2 atom stereocenters. The Labute approximate surface area is 192 Å². The van der Waals surface area contributed by atoms with Gasteiger partial charge in [0.2, 0.25) is 12.7 Å². The first kappa shape index (κ1) is 22.9. The molecule has 1 saturated heterocycles. The second-order valence-electron chi connectivity index (χ2n) is 8.33. The summed E-state index contributed by atoms with van der Waals surface area (Å²) < 4.78 is 16.4. The lowest BCUT2D eigenvalue weighted by atomic mass is 10.0. The first-order chi connectivity index (χ1) is 15.9. The Kier molecular flexibility index (Phi) is 7.00. The zero-order valence-electron chi connectivity index (χ0n) is 18.8. The Balaban J connectivity index is 1.47. The van der Waals surface area contributed by atoms with Gasteiger partial charge in [-0.05, 0) is 36.2 Å². The number of likely N-dealkylation sites (tertiary alicyclic amines) is 1. The van der Waals surface area contributed by atoms with E-state index in [0.717, 1.165) is 12.1 Å². The molecule has 2 aromatic carbocycles. The van der Waals surface area contributed by atoms with Crippen molar-refractivity contribution in [3.8, 4) is 17.2 Å². The quantitative estimate of drug-likeness (QED) is 0.628. The molecule has 0 aromatic heterocycles. The zero-order chi connectivity index (χ0) is 23.4. The standard InChI is InChI=1S/C24H29N3O6/c1-16(28)25-18-5-3-4-17(10-18)21(13-27-9-8-19(29)12-27)26(2)24(30)14-31-20-6-7-22-23(11-20)33-15-32-22/h3-7,10-11,19,21,29H,8-9,12-15H2,1-2H3,(H,25,28)/t19-,21?/m0/s1. The third kappa shape index (κ3) is 5.74. The van der Waals surface area contributed by atoms with Gasteiger partial charge in [0.15, 0.2) is 18.1 Å². The Morgan fingerprint density at radius 3 is 2.82 bits per heavy atom. The first-order valence-electron chi connectivity index (χ1n) is 10.9. The summed E-state index contributed by atoms with van der Waals surface area (Å²) in [6.07, 6.45) is 0.357. The highest BCUT2D eigenvalue weighted by Gasteiger charge is 2.28. The molecule has 2 aliphatic rings. The number of ether oxygens (including phenoxy) is 3. The van der Waals surface area contributed by atoms with Crippen molar-refractivity contribution in [2.45, 2.75) is 25.5 Å². The van der Waals surface area contributed by atoms with E-state index in [2.05, 4.69) is 10.2 Å². The number of hydrogen-bond acceptors (Lipinski definition) is 7. The summed E-state index contributed by atoms with van der Waals surface area (Å²) in [5.74, 6) is 1.41. The summed E-state index contributed by atoms with van der Waals surface area (Å²) in [5, 5.41) is 12.7. The molecule has 0 spiro atoms.